The third kappa shape index (κ3) is 7.71. The minimum atomic E-state index is 0.639. The third-order valence-corrected chi connectivity index (χ3v) is 2.43. The van der Waals surface area contributed by atoms with Crippen molar-refractivity contribution in [1.29, 1.82) is 0 Å². The lowest BCUT2D eigenvalue weighted by atomic mass is 10.1. The highest BCUT2D eigenvalue weighted by atomic mass is 28.1. The lowest BCUT2D eigenvalue weighted by Gasteiger charge is -2.10. The van der Waals surface area contributed by atoms with E-state index >= 15 is 0 Å². The van der Waals surface area contributed by atoms with Crippen LogP contribution in [0.5, 0.6) is 5.75 Å². The van der Waals surface area contributed by atoms with E-state index in [2.05, 4.69) is 45.9 Å². The second kappa shape index (κ2) is 8.68. The van der Waals surface area contributed by atoms with Gasteiger partial charge in [0, 0.05) is 15.8 Å². The summed E-state index contributed by atoms with van der Waals surface area (Å²) in [6, 6.07) is 18.5. The number of para-hydroxylation sites is 1. The van der Waals surface area contributed by atoms with E-state index in [0.29, 0.717) is 5.04 Å². The molecule has 0 saturated heterocycles. The smallest absolute Gasteiger partial charge is 0.127 e. The first-order valence-corrected chi connectivity index (χ1v) is 8.69. The first kappa shape index (κ1) is 17.5. The third-order valence-electron chi connectivity index (χ3n) is 2.43. The number of hydrogen-bond donors (Lipinski definition) is 0. The molecular weight excluding hydrogens is 272 g/mol. The van der Waals surface area contributed by atoms with Gasteiger partial charge in [0.15, 0.2) is 0 Å². The summed E-state index contributed by atoms with van der Waals surface area (Å²) in [5.74, 6) is 0.968. The Bertz CT molecular complexity index is 509. The van der Waals surface area contributed by atoms with E-state index in [1.165, 1.54) is 15.8 Å². The van der Waals surface area contributed by atoms with Crippen molar-refractivity contribution in [3.8, 4) is 16.9 Å². The van der Waals surface area contributed by atoms with E-state index in [1.807, 2.05) is 36.4 Å². The van der Waals surface area contributed by atoms with Crippen molar-refractivity contribution in [2.75, 3.05) is 6.61 Å². The van der Waals surface area contributed by atoms with Crippen LogP contribution in [0.1, 0.15) is 34.1 Å². The molecule has 0 unspecified atom stereocenters. The molecule has 0 aliphatic carbocycles. The van der Waals surface area contributed by atoms with Crippen LogP contribution in [0.15, 0.2) is 54.6 Å². The predicted molar refractivity (Wildman–Crippen MR) is 97.3 cm³/mol. The van der Waals surface area contributed by atoms with Gasteiger partial charge in [-0.25, -0.2) is 0 Å². The molecule has 114 valence electrons. The van der Waals surface area contributed by atoms with E-state index in [4.69, 9.17) is 4.74 Å². The van der Waals surface area contributed by atoms with Gasteiger partial charge in [-0.2, -0.15) is 0 Å². The van der Waals surface area contributed by atoms with Gasteiger partial charge in [-0.1, -0.05) is 81.3 Å². The Morgan fingerprint density at radius 2 is 1.43 bits per heavy atom. The summed E-state index contributed by atoms with van der Waals surface area (Å²) in [6.45, 7) is 9.63. The highest BCUT2D eigenvalue weighted by Crippen LogP contribution is 2.29. The number of benzene rings is 2. The van der Waals surface area contributed by atoms with E-state index in [9.17, 15) is 0 Å². The van der Waals surface area contributed by atoms with Crippen LogP contribution in [0.2, 0.25) is 5.04 Å². The largest absolute Gasteiger partial charge is 0.493 e. The molecule has 2 aromatic carbocycles. The second-order valence-electron chi connectivity index (χ2n) is 6.71. The SMILES string of the molecule is CC(C)(C)[SiH3].CCCOc1ccccc1-c1ccccc1. The number of hydrogen-bond acceptors (Lipinski definition) is 1. The minimum Gasteiger partial charge on any atom is -0.493 e. The highest BCUT2D eigenvalue weighted by molar-refractivity contribution is 6.14. The average Bonchev–Trinajstić information content (AvgIpc) is 2.45. The Hall–Kier alpha value is -1.54. The van der Waals surface area contributed by atoms with Gasteiger partial charge in [-0.3, -0.25) is 0 Å². The monoisotopic (exact) mass is 300 g/mol. The highest BCUT2D eigenvalue weighted by Gasteiger charge is 2.04. The number of rotatable bonds is 4. The van der Waals surface area contributed by atoms with Gasteiger partial charge in [-0.15, -0.1) is 0 Å². The molecule has 0 bridgehead atoms. The lowest BCUT2D eigenvalue weighted by Crippen LogP contribution is -1.96. The standard InChI is InChI=1S/C15H16O.C4H12Si/c1-2-12-16-15-11-7-6-10-14(15)13-8-4-3-5-9-13;1-4(2,3)5/h3-11H,2,12H2,1H3;1-3,5H3. The molecule has 0 fully saturated rings. The summed E-state index contributed by atoms with van der Waals surface area (Å²) in [5.41, 5.74) is 2.37. The van der Waals surface area contributed by atoms with Crippen molar-refractivity contribution in [3.63, 3.8) is 0 Å². The summed E-state index contributed by atoms with van der Waals surface area (Å²) in [4.78, 5) is 0. The summed E-state index contributed by atoms with van der Waals surface area (Å²) >= 11 is 0. The molecule has 2 heteroatoms. The molecule has 2 aromatic rings. The van der Waals surface area contributed by atoms with Crippen LogP contribution in [-0.4, -0.2) is 16.8 Å². The van der Waals surface area contributed by atoms with Crippen molar-refractivity contribution in [3.05, 3.63) is 54.6 Å². The molecule has 0 spiro atoms. The van der Waals surface area contributed by atoms with Gasteiger partial charge in [-0.05, 0) is 18.1 Å². The molecule has 0 N–H and O–H groups in total. The molecule has 2 rings (SSSR count). The minimum absolute atomic E-state index is 0.639. The molecule has 0 saturated carbocycles. The van der Waals surface area contributed by atoms with Crippen molar-refractivity contribution < 1.29 is 4.74 Å². The maximum atomic E-state index is 5.74. The van der Waals surface area contributed by atoms with Crippen LogP contribution in [0.25, 0.3) is 11.1 Å². The zero-order chi connectivity index (χ0) is 15.7. The molecule has 0 aromatic heterocycles. The molecule has 21 heavy (non-hydrogen) atoms. The average molecular weight is 301 g/mol. The molecule has 0 aliphatic heterocycles. The van der Waals surface area contributed by atoms with Crippen LogP contribution < -0.4 is 4.74 Å². The Morgan fingerprint density at radius 3 is 2.00 bits per heavy atom. The Kier molecular flexibility index (Phi) is 7.24. The van der Waals surface area contributed by atoms with Crippen LogP contribution in [-0.2, 0) is 0 Å². The van der Waals surface area contributed by atoms with Gasteiger partial charge in [0.1, 0.15) is 5.75 Å². The Balaban J connectivity index is 0.000000383. The fraction of sp³-hybridized carbons (Fsp3) is 0.368. The van der Waals surface area contributed by atoms with Gasteiger partial charge >= 0.3 is 0 Å². The van der Waals surface area contributed by atoms with Gasteiger partial charge in [0.2, 0.25) is 0 Å². The molecular formula is C19H28OSi. The zero-order valence-corrected chi connectivity index (χ0v) is 16.0. The summed E-state index contributed by atoms with van der Waals surface area (Å²) in [5, 5.41) is 0.639. The fourth-order valence-electron chi connectivity index (χ4n) is 1.66. The van der Waals surface area contributed by atoms with Crippen LogP contribution in [0.4, 0.5) is 0 Å². The molecule has 1 nitrogen and oxygen atoms in total. The maximum Gasteiger partial charge on any atom is 0.127 e. The van der Waals surface area contributed by atoms with Crippen molar-refractivity contribution in [2.24, 2.45) is 0 Å². The summed E-state index contributed by atoms with van der Waals surface area (Å²) in [7, 11) is 1.31. The zero-order valence-electron chi connectivity index (χ0n) is 14.0. The molecule has 0 atom stereocenters. The van der Waals surface area contributed by atoms with Crippen molar-refractivity contribution in [1.82, 2.24) is 0 Å². The van der Waals surface area contributed by atoms with E-state index in [1.54, 1.807) is 0 Å². The normalized spacial score (nSPS) is 10.7. The van der Waals surface area contributed by atoms with Crippen molar-refractivity contribution in [2.45, 2.75) is 39.2 Å². The Morgan fingerprint density at radius 1 is 0.905 bits per heavy atom. The van der Waals surface area contributed by atoms with Crippen LogP contribution in [0, 0.1) is 0 Å². The number of ether oxygens (including phenoxy) is 1. The lowest BCUT2D eigenvalue weighted by molar-refractivity contribution is 0.318. The maximum absolute atomic E-state index is 5.74. The van der Waals surface area contributed by atoms with Gasteiger partial charge in [0.05, 0.1) is 6.61 Å². The Labute approximate surface area is 132 Å². The molecule has 0 heterocycles. The predicted octanol–water partition coefficient (Wildman–Crippen LogP) is 4.71. The fourth-order valence-corrected chi connectivity index (χ4v) is 1.66. The summed E-state index contributed by atoms with van der Waals surface area (Å²) in [6.07, 6.45) is 1.03. The topological polar surface area (TPSA) is 9.23 Å². The van der Waals surface area contributed by atoms with Gasteiger partial charge < -0.3 is 4.74 Å². The van der Waals surface area contributed by atoms with Crippen molar-refractivity contribution >= 4 is 10.2 Å². The second-order valence-corrected chi connectivity index (χ2v) is 9.71. The first-order valence-electron chi connectivity index (χ1n) is 7.69. The summed E-state index contributed by atoms with van der Waals surface area (Å²) < 4.78 is 5.74. The molecule has 0 radical (unpaired) electrons. The van der Waals surface area contributed by atoms with Crippen LogP contribution in [0.3, 0.4) is 0 Å². The van der Waals surface area contributed by atoms with E-state index < -0.39 is 0 Å². The van der Waals surface area contributed by atoms with E-state index in [0.717, 1.165) is 24.3 Å². The molecule has 0 amide bonds. The quantitative estimate of drug-likeness (QED) is 0.743. The van der Waals surface area contributed by atoms with Gasteiger partial charge in [0.25, 0.3) is 0 Å². The van der Waals surface area contributed by atoms with Crippen LogP contribution >= 0.6 is 0 Å². The molecule has 0 aliphatic rings. The van der Waals surface area contributed by atoms with E-state index in [-0.39, 0.29) is 0 Å². The first-order chi connectivity index (χ1) is 9.92.